The zero-order valence-corrected chi connectivity index (χ0v) is 13.8. The summed E-state index contributed by atoms with van der Waals surface area (Å²) in [6.07, 6.45) is 5.41. The van der Waals surface area contributed by atoms with Gasteiger partial charge in [0.15, 0.2) is 0 Å². The van der Waals surface area contributed by atoms with Crippen LogP contribution in [0, 0.1) is 23.2 Å². The molecule has 0 saturated heterocycles. The van der Waals surface area contributed by atoms with Crippen molar-refractivity contribution >= 4 is 0 Å². The molecule has 0 unspecified atom stereocenters. The van der Waals surface area contributed by atoms with Crippen LogP contribution in [-0.2, 0) is 6.42 Å². The minimum atomic E-state index is -0.280. The van der Waals surface area contributed by atoms with Crippen LogP contribution in [0.5, 0.6) is 5.75 Å². The van der Waals surface area contributed by atoms with Crippen molar-refractivity contribution in [3.63, 3.8) is 0 Å². The molecule has 2 saturated carbocycles. The molecule has 1 aromatic rings. The molecule has 0 aromatic heterocycles. The van der Waals surface area contributed by atoms with Crippen LogP contribution in [0.1, 0.15) is 56.1 Å². The first-order valence-corrected chi connectivity index (χ1v) is 9.10. The highest BCUT2D eigenvalue weighted by atomic mass is 19.1. The van der Waals surface area contributed by atoms with Gasteiger partial charge in [-0.15, -0.1) is 0 Å². The summed E-state index contributed by atoms with van der Waals surface area (Å²) in [6.45, 7) is 1.96. The Bertz CT molecular complexity index is 601. The predicted octanol–water partition coefficient (Wildman–Crippen LogP) is 4.19. The lowest BCUT2D eigenvalue weighted by molar-refractivity contribution is -0.0506. The summed E-state index contributed by atoms with van der Waals surface area (Å²) in [5.41, 5.74) is 2.55. The SMILES string of the molecule is C[C@]12C[C@H](CCF)[C@@H]3c4ccc(O)cc4CC[C@H]3[C@@H]1CC[C@@H]2O. The molecular formula is C20H27FO2. The third-order valence-corrected chi connectivity index (χ3v) is 7.26. The van der Waals surface area contributed by atoms with E-state index < -0.39 is 0 Å². The van der Waals surface area contributed by atoms with Gasteiger partial charge in [0.1, 0.15) is 5.75 Å². The number of halogens is 1. The molecule has 0 heterocycles. The van der Waals surface area contributed by atoms with E-state index in [1.165, 1.54) is 11.1 Å². The molecule has 0 aliphatic heterocycles. The van der Waals surface area contributed by atoms with E-state index in [9.17, 15) is 14.6 Å². The van der Waals surface area contributed by atoms with Crippen LogP contribution < -0.4 is 0 Å². The third-order valence-electron chi connectivity index (χ3n) is 7.26. The van der Waals surface area contributed by atoms with Crippen LogP contribution in [0.2, 0.25) is 0 Å². The number of alkyl halides is 1. The summed E-state index contributed by atoms with van der Waals surface area (Å²) in [5.74, 6) is 2.15. The predicted molar refractivity (Wildman–Crippen MR) is 88.2 cm³/mol. The molecule has 126 valence electrons. The number of phenolic OH excluding ortho intramolecular Hbond substituents is 1. The number of rotatable bonds is 2. The van der Waals surface area contributed by atoms with Crippen molar-refractivity contribution in [2.24, 2.45) is 23.2 Å². The largest absolute Gasteiger partial charge is 0.508 e. The van der Waals surface area contributed by atoms with Gasteiger partial charge in [-0.25, -0.2) is 0 Å². The number of aromatic hydroxyl groups is 1. The van der Waals surface area contributed by atoms with Gasteiger partial charge in [-0.3, -0.25) is 4.39 Å². The molecule has 3 heteroatoms. The molecule has 2 nitrogen and oxygen atoms in total. The first-order chi connectivity index (χ1) is 11.0. The number of aryl methyl sites for hydroxylation is 1. The average molecular weight is 318 g/mol. The Morgan fingerprint density at radius 3 is 2.87 bits per heavy atom. The number of benzene rings is 1. The Kier molecular flexibility index (Phi) is 3.67. The van der Waals surface area contributed by atoms with Gasteiger partial charge in [0.05, 0.1) is 12.8 Å². The Morgan fingerprint density at radius 2 is 2.09 bits per heavy atom. The van der Waals surface area contributed by atoms with E-state index in [0.29, 0.717) is 35.8 Å². The summed E-state index contributed by atoms with van der Waals surface area (Å²) in [5, 5.41) is 20.4. The lowest BCUT2D eigenvalue weighted by Gasteiger charge is -2.53. The standard InChI is InChI=1S/C20H27FO2/c1-20-11-13(8-9-21)19-15-5-3-14(22)10-12(15)2-4-16(19)17(20)6-7-18(20)23/h3,5,10,13,16-19,22-23H,2,4,6-9,11H2,1H3/t13-,16-,17-,18-,19+,20-/m0/s1. The summed E-state index contributed by atoms with van der Waals surface area (Å²) in [7, 11) is 0. The molecule has 3 aliphatic rings. The zero-order valence-electron chi connectivity index (χ0n) is 13.8. The maximum absolute atomic E-state index is 13.2. The first-order valence-electron chi connectivity index (χ1n) is 9.10. The van der Waals surface area contributed by atoms with Crippen molar-refractivity contribution in [1.82, 2.24) is 0 Å². The van der Waals surface area contributed by atoms with E-state index in [1.807, 2.05) is 6.07 Å². The molecule has 0 radical (unpaired) electrons. The van der Waals surface area contributed by atoms with Crippen molar-refractivity contribution in [1.29, 1.82) is 0 Å². The fraction of sp³-hybridized carbons (Fsp3) is 0.700. The second-order valence-corrected chi connectivity index (χ2v) is 8.26. The van der Waals surface area contributed by atoms with E-state index >= 15 is 0 Å². The van der Waals surface area contributed by atoms with Gasteiger partial charge in [-0.1, -0.05) is 13.0 Å². The normalized spacial score (nSPS) is 42.0. The van der Waals surface area contributed by atoms with Crippen LogP contribution in [0.3, 0.4) is 0 Å². The highest BCUT2D eigenvalue weighted by Gasteiger charge is 2.57. The number of aliphatic hydroxyl groups is 1. The minimum Gasteiger partial charge on any atom is -0.508 e. The van der Waals surface area contributed by atoms with Crippen molar-refractivity contribution < 1.29 is 14.6 Å². The minimum absolute atomic E-state index is 0.0323. The number of hydrogen-bond donors (Lipinski definition) is 2. The fourth-order valence-corrected chi connectivity index (χ4v) is 6.27. The number of aliphatic hydroxyl groups excluding tert-OH is 1. The van der Waals surface area contributed by atoms with Crippen molar-refractivity contribution in [3.05, 3.63) is 29.3 Å². The van der Waals surface area contributed by atoms with Gasteiger partial charge in [-0.05, 0) is 90.9 Å². The number of phenols is 1. The highest BCUT2D eigenvalue weighted by Crippen LogP contribution is 2.63. The van der Waals surface area contributed by atoms with Crippen LogP contribution in [0.25, 0.3) is 0 Å². The molecule has 3 aliphatic carbocycles. The molecule has 0 amide bonds. The molecule has 23 heavy (non-hydrogen) atoms. The molecule has 0 bridgehead atoms. The van der Waals surface area contributed by atoms with Crippen LogP contribution >= 0.6 is 0 Å². The van der Waals surface area contributed by atoms with E-state index in [2.05, 4.69) is 13.0 Å². The summed E-state index contributed by atoms with van der Waals surface area (Å²) in [4.78, 5) is 0. The molecule has 0 spiro atoms. The lowest BCUT2D eigenvalue weighted by atomic mass is 9.51. The number of fused-ring (bicyclic) bond motifs is 5. The third kappa shape index (κ3) is 2.23. The molecule has 4 rings (SSSR count). The van der Waals surface area contributed by atoms with E-state index in [0.717, 1.165) is 32.1 Å². The monoisotopic (exact) mass is 318 g/mol. The summed E-state index contributed by atoms with van der Waals surface area (Å²) < 4.78 is 13.2. The van der Waals surface area contributed by atoms with Crippen LogP contribution in [-0.4, -0.2) is 23.0 Å². The van der Waals surface area contributed by atoms with Crippen molar-refractivity contribution in [3.8, 4) is 5.75 Å². The lowest BCUT2D eigenvalue weighted by Crippen LogP contribution is -2.48. The second kappa shape index (κ2) is 5.47. The van der Waals surface area contributed by atoms with Crippen LogP contribution in [0.15, 0.2) is 18.2 Å². The van der Waals surface area contributed by atoms with Gasteiger partial charge in [-0.2, -0.15) is 0 Å². The quantitative estimate of drug-likeness (QED) is 0.858. The smallest absolute Gasteiger partial charge is 0.115 e. The fourth-order valence-electron chi connectivity index (χ4n) is 6.27. The van der Waals surface area contributed by atoms with Gasteiger partial charge in [0.25, 0.3) is 0 Å². The van der Waals surface area contributed by atoms with Gasteiger partial charge >= 0.3 is 0 Å². The first kappa shape index (κ1) is 15.4. The highest BCUT2D eigenvalue weighted by molar-refractivity contribution is 5.40. The Labute approximate surface area is 137 Å². The molecule has 2 fully saturated rings. The van der Waals surface area contributed by atoms with Gasteiger partial charge < -0.3 is 10.2 Å². The van der Waals surface area contributed by atoms with E-state index in [-0.39, 0.29) is 18.2 Å². The Morgan fingerprint density at radius 1 is 1.26 bits per heavy atom. The second-order valence-electron chi connectivity index (χ2n) is 8.26. The van der Waals surface area contributed by atoms with Gasteiger partial charge in [0, 0.05) is 0 Å². The number of hydrogen-bond acceptors (Lipinski definition) is 2. The average Bonchev–Trinajstić information content (AvgIpc) is 2.82. The maximum Gasteiger partial charge on any atom is 0.115 e. The topological polar surface area (TPSA) is 40.5 Å². The Balaban J connectivity index is 1.77. The molecule has 1 aromatic carbocycles. The van der Waals surface area contributed by atoms with E-state index in [1.54, 1.807) is 6.07 Å². The van der Waals surface area contributed by atoms with E-state index in [4.69, 9.17) is 0 Å². The zero-order chi connectivity index (χ0) is 16.2. The Hall–Kier alpha value is -1.09. The maximum atomic E-state index is 13.2. The summed E-state index contributed by atoms with van der Waals surface area (Å²) >= 11 is 0. The van der Waals surface area contributed by atoms with Gasteiger partial charge in [0.2, 0.25) is 0 Å². The molecule has 6 atom stereocenters. The van der Waals surface area contributed by atoms with Crippen LogP contribution in [0.4, 0.5) is 4.39 Å². The molecular weight excluding hydrogens is 291 g/mol. The summed E-state index contributed by atoms with van der Waals surface area (Å²) in [6, 6.07) is 5.75. The van der Waals surface area contributed by atoms with Crippen molar-refractivity contribution in [2.45, 2.75) is 57.5 Å². The van der Waals surface area contributed by atoms with Crippen molar-refractivity contribution in [2.75, 3.05) is 6.67 Å². The molecule has 2 N–H and O–H groups in total.